The molecule has 10 nitrogen and oxygen atoms in total. The molecule has 0 bridgehead atoms. The Bertz CT molecular complexity index is 1240. The predicted octanol–water partition coefficient (Wildman–Crippen LogP) is 0.826. The number of esters is 1. The van der Waals surface area contributed by atoms with Crippen molar-refractivity contribution >= 4 is 28.6 Å². The van der Waals surface area contributed by atoms with Gasteiger partial charge in [-0.1, -0.05) is 6.07 Å². The molecule has 30 heavy (non-hydrogen) atoms. The number of ether oxygens (including phenoxy) is 2. The van der Waals surface area contributed by atoms with E-state index in [1.807, 2.05) is 0 Å². The van der Waals surface area contributed by atoms with Crippen molar-refractivity contribution in [2.45, 2.75) is 6.92 Å². The molecule has 10 heteroatoms. The summed E-state index contributed by atoms with van der Waals surface area (Å²) in [6.45, 7) is 1.71. The maximum atomic E-state index is 12.6. The summed E-state index contributed by atoms with van der Waals surface area (Å²) in [5, 5.41) is 2.90. The first-order chi connectivity index (χ1) is 14.3. The van der Waals surface area contributed by atoms with E-state index in [0.29, 0.717) is 11.4 Å². The van der Waals surface area contributed by atoms with Gasteiger partial charge in [-0.3, -0.25) is 18.7 Å². The second-order valence-electron chi connectivity index (χ2n) is 6.35. The van der Waals surface area contributed by atoms with Crippen molar-refractivity contribution in [2.24, 2.45) is 14.1 Å². The van der Waals surface area contributed by atoms with Gasteiger partial charge in [0.1, 0.15) is 17.1 Å². The Morgan fingerprint density at radius 2 is 1.87 bits per heavy atom. The Morgan fingerprint density at radius 3 is 2.60 bits per heavy atom. The second kappa shape index (κ2) is 8.60. The predicted molar refractivity (Wildman–Crippen MR) is 109 cm³/mol. The van der Waals surface area contributed by atoms with E-state index >= 15 is 0 Å². The third-order valence-electron chi connectivity index (χ3n) is 4.29. The van der Waals surface area contributed by atoms with Gasteiger partial charge in [0.15, 0.2) is 6.61 Å². The molecule has 1 aromatic carbocycles. The molecule has 0 aliphatic carbocycles. The van der Waals surface area contributed by atoms with E-state index in [-0.39, 0.29) is 29.9 Å². The number of aryl methyl sites for hydroxylation is 1. The molecular weight excluding hydrogens is 392 g/mol. The number of fused-ring (bicyclic) bond motifs is 1. The van der Waals surface area contributed by atoms with Gasteiger partial charge in [0.05, 0.1) is 12.0 Å². The van der Waals surface area contributed by atoms with Gasteiger partial charge in [-0.2, -0.15) is 0 Å². The molecule has 0 aliphatic rings. The average molecular weight is 412 g/mol. The SMILES string of the molecule is CCOC(=O)COc1cccc(NC(=O)c2ccc3c(=O)n(C)c(=O)n(C)c3n2)c1. The van der Waals surface area contributed by atoms with Crippen LogP contribution in [0.4, 0.5) is 5.69 Å². The third-order valence-corrected chi connectivity index (χ3v) is 4.29. The number of hydrogen-bond acceptors (Lipinski definition) is 7. The molecule has 0 atom stereocenters. The standard InChI is InChI=1S/C20H20N4O6/c1-4-29-16(25)11-30-13-7-5-6-12(10-13)21-18(26)15-9-8-14-17(22-15)23(2)20(28)24(3)19(14)27/h5-10H,4,11H2,1-3H3,(H,21,26). The highest BCUT2D eigenvalue weighted by atomic mass is 16.6. The number of carbonyl (C=O) groups excluding carboxylic acids is 2. The third kappa shape index (κ3) is 4.22. The zero-order valence-electron chi connectivity index (χ0n) is 16.7. The van der Waals surface area contributed by atoms with Crippen molar-refractivity contribution in [3.05, 3.63) is 62.9 Å². The summed E-state index contributed by atoms with van der Waals surface area (Å²) in [5.74, 6) is -0.658. The first-order valence-corrected chi connectivity index (χ1v) is 9.08. The largest absolute Gasteiger partial charge is 0.482 e. The lowest BCUT2D eigenvalue weighted by atomic mass is 10.2. The highest BCUT2D eigenvalue weighted by Gasteiger charge is 2.14. The molecule has 0 saturated carbocycles. The number of benzene rings is 1. The molecule has 3 rings (SSSR count). The van der Waals surface area contributed by atoms with Gasteiger partial charge >= 0.3 is 11.7 Å². The lowest BCUT2D eigenvalue weighted by Gasteiger charge is -2.10. The van der Waals surface area contributed by atoms with Crippen LogP contribution in [-0.2, 0) is 23.6 Å². The average Bonchev–Trinajstić information content (AvgIpc) is 2.75. The van der Waals surface area contributed by atoms with Crippen LogP contribution in [0.2, 0.25) is 0 Å². The lowest BCUT2D eigenvalue weighted by Crippen LogP contribution is -2.37. The molecule has 1 amide bonds. The highest BCUT2D eigenvalue weighted by molar-refractivity contribution is 6.03. The van der Waals surface area contributed by atoms with Crippen molar-refractivity contribution < 1.29 is 19.1 Å². The number of anilines is 1. The molecule has 0 fully saturated rings. The summed E-state index contributed by atoms with van der Waals surface area (Å²) in [6, 6.07) is 9.33. The maximum Gasteiger partial charge on any atom is 0.344 e. The van der Waals surface area contributed by atoms with Crippen LogP contribution in [0, 0.1) is 0 Å². The molecule has 1 N–H and O–H groups in total. The summed E-state index contributed by atoms with van der Waals surface area (Å²) in [6.07, 6.45) is 0. The molecule has 0 radical (unpaired) electrons. The lowest BCUT2D eigenvalue weighted by molar-refractivity contribution is -0.145. The number of hydrogen-bond donors (Lipinski definition) is 1. The Morgan fingerprint density at radius 1 is 1.10 bits per heavy atom. The van der Waals surface area contributed by atoms with Crippen LogP contribution in [0.1, 0.15) is 17.4 Å². The molecule has 0 saturated heterocycles. The van der Waals surface area contributed by atoms with Crippen LogP contribution in [0.25, 0.3) is 11.0 Å². The monoisotopic (exact) mass is 412 g/mol. The van der Waals surface area contributed by atoms with Crippen LogP contribution < -0.4 is 21.3 Å². The number of nitrogens with one attached hydrogen (secondary N) is 1. The van der Waals surface area contributed by atoms with Gasteiger partial charge in [-0.15, -0.1) is 0 Å². The van der Waals surface area contributed by atoms with E-state index < -0.39 is 23.1 Å². The van der Waals surface area contributed by atoms with Crippen LogP contribution in [0.3, 0.4) is 0 Å². The minimum absolute atomic E-state index is 0.0311. The minimum Gasteiger partial charge on any atom is -0.482 e. The molecule has 0 spiro atoms. The van der Waals surface area contributed by atoms with Crippen LogP contribution in [0.15, 0.2) is 46.0 Å². The Hall–Kier alpha value is -3.95. The summed E-state index contributed by atoms with van der Waals surface area (Å²) in [4.78, 5) is 52.5. The summed E-state index contributed by atoms with van der Waals surface area (Å²) in [5.41, 5.74) is -0.463. The maximum absolute atomic E-state index is 12.6. The van der Waals surface area contributed by atoms with Gasteiger partial charge in [-0.05, 0) is 31.2 Å². The second-order valence-corrected chi connectivity index (χ2v) is 6.35. The number of carbonyl (C=O) groups is 2. The first-order valence-electron chi connectivity index (χ1n) is 9.08. The quantitative estimate of drug-likeness (QED) is 0.595. The molecule has 3 aromatic rings. The topological polar surface area (TPSA) is 122 Å². The Kier molecular flexibility index (Phi) is 5.95. The summed E-state index contributed by atoms with van der Waals surface area (Å²) < 4.78 is 12.3. The van der Waals surface area contributed by atoms with Crippen molar-refractivity contribution in [3.8, 4) is 5.75 Å². The molecule has 156 valence electrons. The van der Waals surface area contributed by atoms with Crippen molar-refractivity contribution in [3.63, 3.8) is 0 Å². The van der Waals surface area contributed by atoms with E-state index in [1.54, 1.807) is 31.2 Å². The molecule has 2 aromatic heterocycles. The number of aromatic nitrogens is 3. The van der Waals surface area contributed by atoms with Crippen molar-refractivity contribution in [1.82, 2.24) is 14.1 Å². The fourth-order valence-corrected chi connectivity index (χ4v) is 2.78. The van der Waals surface area contributed by atoms with Crippen LogP contribution >= 0.6 is 0 Å². The van der Waals surface area contributed by atoms with E-state index in [2.05, 4.69) is 10.3 Å². The van der Waals surface area contributed by atoms with Crippen LogP contribution in [-0.4, -0.2) is 39.2 Å². The fraction of sp³-hybridized carbons (Fsp3) is 0.250. The smallest absolute Gasteiger partial charge is 0.344 e. The van der Waals surface area contributed by atoms with E-state index in [0.717, 1.165) is 4.57 Å². The van der Waals surface area contributed by atoms with Gasteiger partial charge in [0.25, 0.3) is 11.5 Å². The van der Waals surface area contributed by atoms with Gasteiger partial charge in [0.2, 0.25) is 0 Å². The number of nitrogens with zero attached hydrogens (tertiary/aromatic N) is 3. The number of amides is 1. The first kappa shape index (κ1) is 20.8. The van der Waals surface area contributed by atoms with Gasteiger partial charge in [0, 0.05) is 25.8 Å². The summed E-state index contributed by atoms with van der Waals surface area (Å²) in [7, 11) is 2.85. The van der Waals surface area contributed by atoms with Gasteiger partial charge < -0.3 is 14.8 Å². The minimum atomic E-state index is -0.538. The summed E-state index contributed by atoms with van der Waals surface area (Å²) >= 11 is 0. The zero-order chi connectivity index (χ0) is 21.8. The molecular formula is C20H20N4O6. The molecule has 2 heterocycles. The normalized spacial score (nSPS) is 10.6. The fourth-order valence-electron chi connectivity index (χ4n) is 2.78. The Labute approximate surface area is 170 Å². The highest BCUT2D eigenvalue weighted by Crippen LogP contribution is 2.18. The number of rotatable bonds is 6. The van der Waals surface area contributed by atoms with E-state index in [1.165, 1.54) is 30.8 Å². The van der Waals surface area contributed by atoms with E-state index in [4.69, 9.17) is 9.47 Å². The zero-order valence-corrected chi connectivity index (χ0v) is 16.7. The molecule has 0 aliphatic heterocycles. The van der Waals surface area contributed by atoms with Crippen LogP contribution in [0.5, 0.6) is 5.75 Å². The van der Waals surface area contributed by atoms with Crippen molar-refractivity contribution in [2.75, 3.05) is 18.5 Å². The van der Waals surface area contributed by atoms with Gasteiger partial charge in [-0.25, -0.2) is 14.6 Å². The Balaban J connectivity index is 1.82. The molecule has 0 unspecified atom stereocenters. The van der Waals surface area contributed by atoms with Crippen molar-refractivity contribution in [1.29, 1.82) is 0 Å². The number of pyridine rings is 1. The van der Waals surface area contributed by atoms with E-state index in [9.17, 15) is 19.2 Å².